The first-order chi connectivity index (χ1) is 12.7. The number of hydrogen-bond acceptors (Lipinski definition) is 5. The van der Waals surface area contributed by atoms with E-state index in [9.17, 15) is 4.79 Å². The molecule has 1 aromatic heterocycles. The van der Waals surface area contributed by atoms with Crippen LogP contribution in [0.15, 0.2) is 34.8 Å². The van der Waals surface area contributed by atoms with Crippen molar-refractivity contribution in [3.63, 3.8) is 0 Å². The SMILES string of the molecule is COc1cccc2cc(/C=C/C(=O)NNC(=S)NCC3CCCO3)oc12. The number of para-hydroxylation sites is 1. The van der Waals surface area contributed by atoms with Gasteiger partial charge < -0.3 is 19.2 Å². The molecule has 3 rings (SSSR count). The summed E-state index contributed by atoms with van der Waals surface area (Å²) >= 11 is 5.11. The maximum absolute atomic E-state index is 11.9. The number of carbonyl (C=O) groups is 1. The minimum Gasteiger partial charge on any atom is -0.493 e. The number of ether oxygens (including phenoxy) is 2. The van der Waals surface area contributed by atoms with Gasteiger partial charge in [0.25, 0.3) is 5.91 Å². The van der Waals surface area contributed by atoms with Gasteiger partial charge in [0.2, 0.25) is 0 Å². The fourth-order valence-electron chi connectivity index (χ4n) is 2.67. The normalized spacial score (nSPS) is 16.7. The summed E-state index contributed by atoms with van der Waals surface area (Å²) < 4.78 is 16.4. The number of thiocarbonyl (C=S) groups is 1. The Morgan fingerprint density at radius 3 is 3.08 bits per heavy atom. The number of methoxy groups -OCH3 is 1. The summed E-state index contributed by atoms with van der Waals surface area (Å²) in [5.41, 5.74) is 5.79. The van der Waals surface area contributed by atoms with Crippen LogP contribution in [0.4, 0.5) is 0 Å². The lowest BCUT2D eigenvalue weighted by Gasteiger charge is -2.13. The lowest BCUT2D eigenvalue weighted by atomic mass is 10.2. The summed E-state index contributed by atoms with van der Waals surface area (Å²) in [6, 6.07) is 7.45. The van der Waals surface area contributed by atoms with Gasteiger partial charge in [0.1, 0.15) is 5.76 Å². The third-order valence-corrected chi connectivity index (χ3v) is 4.21. The van der Waals surface area contributed by atoms with Crippen LogP contribution in [0.25, 0.3) is 17.0 Å². The van der Waals surface area contributed by atoms with Crippen LogP contribution in [0.3, 0.4) is 0 Å². The van der Waals surface area contributed by atoms with Crippen molar-refractivity contribution < 1.29 is 18.7 Å². The van der Waals surface area contributed by atoms with Gasteiger partial charge in [-0.05, 0) is 43.3 Å². The van der Waals surface area contributed by atoms with Crippen molar-refractivity contribution in [3.05, 3.63) is 36.1 Å². The number of benzene rings is 1. The second-order valence-corrected chi connectivity index (χ2v) is 6.23. The van der Waals surface area contributed by atoms with Gasteiger partial charge in [0.05, 0.1) is 13.2 Å². The van der Waals surface area contributed by atoms with Gasteiger partial charge in [0, 0.05) is 24.6 Å². The molecule has 2 heterocycles. The standard InChI is InChI=1S/C18H21N3O4S/c1-23-15-6-2-4-12-10-13(25-17(12)15)7-8-16(22)20-21-18(26)19-11-14-5-3-9-24-14/h2,4,6-8,10,14H,3,5,9,11H2,1H3,(H,20,22)(H2,19,21,26)/b8-7+. The third kappa shape index (κ3) is 4.74. The molecular weight excluding hydrogens is 354 g/mol. The molecule has 26 heavy (non-hydrogen) atoms. The molecule has 1 aliphatic heterocycles. The number of hydrazine groups is 1. The first-order valence-electron chi connectivity index (χ1n) is 8.36. The molecule has 7 nitrogen and oxygen atoms in total. The third-order valence-electron chi connectivity index (χ3n) is 3.96. The summed E-state index contributed by atoms with van der Waals surface area (Å²) in [6.45, 7) is 1.42. The topological polar surface area (TPSA) is 84.8 Å². The molecule has 1 saturated heterocycles. The zero-order valence-corrected chi connectivity index (χ0v) is 15.2. The van der Waals surface area contributed by atoms with Crippen LogP contribution in [0.2, 0.25) is 0 Å². The monoisotopic (exact) mass is 375 g/mol. The largest absolute Gasteiger partial charge is 0.493 e. The van der Waals surface area contributed by atoms with E-state index >= 15 is 0 Å². The maximum atomic E-state index is 11.9. The Hall–Kier alpha value is -2.58. The molecule has 1 atom stereocenters. The molecule has 1 unspecified atom stereocenters. The number of rotatable bonds is 5. The molecule has 1 fully saturated rings. The van der Waals surface area contributed by atoms with Gasteiger partial charge in [-0.15, -0.1) is 0 Å². The van der Waals surface area contributed by atoms with E-state index in [1.165, 1.54) is 6.08 Å². The van der Waals surface area contributed by atoms with Gasteiger partial charge in [0.15, 0.2) is 16.4 Å². The van der Waals surface area contributed by atoms with E-state index in [4.69, 9.17) is 26.1 Å². The van der Waals surface area contributed by atoms with Crippen LogP contribution in [-0.4, -0.2) is 37.4 Å². The Morgan fingerprint density at radius 1 is 1.42 bits per heavy atom. The average Bonchev–Trinajstić information content (AvgIpc) is 3.31. The Balaban J connectivity index is 1.47. The number of carbonyl (C=O) groups excluding carboxylic acids is 1. The zero-order valence-electron chi connectivity index (χ0n) is 14.4. The molecule has 0 bridgehead atoms. The van der Waals surface area contributed by atoms with Crippen LogP contribution < -0.4 is 20.9 Å². The fourth-order valence-corrected chi connectivity index (χ4v) is 2.81. The van der Waals surface area contributed by atoms with E-state index in [2.05, 4.69) is 16.2 Å². The Kier molecular flexibility index (Phi) is 6.08. The number of nitrogens with one attached hydrogen (secondary N) is 3. The fraction of sp³-hybridized carbons (Fsp3) is 0.333. The highest BCUT2D eigenvalue weighted by Crippen LogP contribution is 2.28. The number of hydrogen-bond donors (Lipinski definition) is 3. The second-order valence-electron chi connectivity index (χ2n) is 5.82. The molecule has 0 aliphatic carbocycles. The van der Waals surface area contributed by atoms with Crippen molar-refractivity contribution in [2.45, 2.75) is 18.9 Å². The molecule has 1 aliphatic rings. The molecule has 3 N–H and O–H groups in total. The Bertz CT molecular complexity index is 812. The number of fused-ring (bicyclic) bond motifs is 1. The Morgan fingerprint density at radius 2 is 2.31 bits per heavy atom. The van der Waals surface area contributed by atoms with Gasteiger partial charge in [-0.2, -0.15) is 0 Å². The predicted molar refractivity (Wildman–Crippen MR) is 103 cm³/mol. The molecule has 2 aromatic rings. The van der Waals surface area contributed by atoms with Crippen molar-refractivity contribution >= 4 is 40.3 Å². The summed E-state index contributed by atoms with van der Waals surface area (Å²) in [4.78, 5) is 11.9. The van der Waals surface area contributed by atoms with Crippen LogP contribution in [0, 0.1) is 0 Å². The average molecular weight is 375 g/mol. The minimum atomic E-state index is -0.348. The van der Waals surface area contributed by atoms with E-state index < -0.39 is 0 Å². The van der Waals surface area contributed by atoms with Crippen molar-refractivity contribution in [2.75, 3.05) is 20.3 Å². The zero-order chi connectivity index (χ0) is 18.4. The minimum absolute atomic E-state index is 0.176. The summed E-state index contributed by atoms with van der Waals surface area (Å²) in [7, 11) is 1.59. The molecule has 0 radical (unpaired) electrons. The summed E-state index contributed by atoms with van der Waals surface area (Å²) in [5, 5.41) is 4.26. The van der Waals surface area contributed by atoms with E-state index in [1.807, 2.05) is 24.3 Å². The van der Waals surface area contributed by atoms with Crippen LogP contribution in [0.1, 0.15) is 18.6 Å². The smallest absolute Gasteiger partial charge is 0.262 e. The molecule has 0 saturated carbocycles. The molecule has 0 spiro atoms. The molecular formula is C18H21N3O4S. The van der Waals surface area contributed by atoms with Gasteiger partial charge in [-0.25, -0.2) is 0 Å². The summed E-state index contributed by atoms with van der Waals surface area (Å²) in [5.74, 6) is 0.855. The van der Waals surface area contributed by atoms with E-state index in [0.717, 1.165) is 24.8 Å². The van der Waals surface area contributed by atoms with Gasteiger partial charge in [-0.1, -0.05) is 12.1 Å². The lowest BCUT2D eigenvalue weighted by molar-refractivity contribution is -0.116. The molecule has 138 valence electrons. The summed E-state index contributed by atoms with van der Waals surface area (Å²) in [6.07, 6.45) is 5.21. The van der Waals surface area contributed by atoms with Crippen LogP contribution in [0.5, 0.6) is 5.75 Å². The van der Waals surface area contributed by atoms with Gasteiger partial charge in [-0.3, -0.25) is 15.6 Å². The van der Waals surface area contributed by atoms with Crippen molar-refractivity contribution in [3.8, 4) is 5.75 Å². The molecule has 1 aromatic carbocycles. The van der Waals surface area contributed by atoms with Crippen LogP contribution in [-0.2, 0) is 9.53 Å². The van der Waals surface area contributed by atoms with Gasteiger partial charge >= 0.3 is 0 Å². The highest BCUT2D eigenvalue weighted by Gasteiger charge is 2.15. The van der Waals surface area contributed by atoms with E-state index in [1.54, 1.807) is 13.2 Å². The number of furan rings is 1. The highest BCUT2D eigenvalue weighted by molar-refractivity contribution is 7.80. The van der Waals surface area contributed by atoms with Crippen molar-refractivity contribution in [2.24, 2.45) is 0 Å². The molecule has 1 amide bonds. The number of amides is 1. The quantitative estimate of drug-likeness (QED) is 0.419. The van der Waals surface area contributed by atoms with E-state index in [0.29, 0.717) is 28.7 Å². The van der Waals surface area contributed by atoms with E-state index in [-0.39, 0.29) is 12.0 Å². The first-order valence-corrected chi connectivity index (χ1v) is 8.76. The second kappa shape index (κ2) is 8.68. The Labute approximate surface area is 156 Å². The maximum Gasteiger partial charge on any atom is 0.262 e. The predicted octanol–water partition coefficient (Wildman–Crippen LogP) is 2.13. The van der Waals surface area contributed by atoms with Crippen molar-refractivity contribution in [1.82, 2.24) is 16.2 Å². The highest BCUT2D eigenvalue weighted by atomic mass is 32.1. The first kappa shape index (κ1) is 18.2. The van der Waals surface area contributed by atoms with Crippen LogP contribution >= 0.6 is 12.2 Å². The molecule has 8 heteroatoms. The lowest BCUT2D eigenvalue weighted by Crippen LogP contribution is -2.47. The van der Waals surface area contributed by atoms with Crippen molar-refractivity contribution in [1.29, 1.82) is 0 Å².